The molecule has 1 saturated heterocycles. The van der Waals surface area contributed by atoms with Gasteiger partial charge in [0, 0.05) is 25.2 Å². The van der Waals surface area contributed by atoms with E-state index < -0.39 is 22.9 Å². The number of carbonyl (C=O) groups excluding carboxylic acids is 2. The molecule has 1 aromatic carbocycles. The minimum absolute atomic E-state index is 0.278. The summed E-state index contributed by atoms with van der Waals surface area (Å²) < 4.78 is 26.3. The van der Waals surface area contributed by atoms with Gasteiger partial charge in [-0.1, -0.05) is 11.8 Å². The molecule has 6 nitrogen and oxygen atoms in total. The van der Waals surface area contributed by atoms with E-state index in [1.807, 2.05) is 0 Å². The van der Waals surface area contributed by atoms with Gasteiger partial charge in [0.1, 0.15) is 0 Å². The summed E-state index contributed by atoms with van der Waals surface area (Å²) in [4.78, 5) is 31.7. The fourth-order valence-electron chi connectivity index (χ4n) is 2.16. The Morgan fingerprint density at radius 2 is 2.14 bits per heavy atom. The zero-order valence-electron chi connectivity index (χ0n) is 11.5. The Morgan fingerprint density at radius 3 is 2.82 bits per heavy atom. The smallest absolute Gasteiger partial charge is 0.324 e. The number of imidazole rings is 1. The second-order valence-corrected chi connectivity index (χ2v) is 6.14. The highest BCUT2D eigenvalue weighted by Gasteiger charge is 2.30. The predicted molar refractivity (Wildman–Crippen MR) is 76.4 cm³/mol. The van der Waals surface area contributed by atoms with E-state index in [0.717, 1.165) is 28.8 Å². The van der Waals surface area contributed by atoms with Crippen molar-refractivity contribution in [3.8, 4) is 0 Å². The largest absolute Gasteiger partial charge is 0.336 e. The number of fused-ring (bicyclic) bond motifs is 1. The molecule has 2 heterocycles. The number of urea groups is 1. The maximum Gasteiger partial charge on any atom is 0.324 e. The van der Waals surface area contributed by atoms with Crippen LogP contribution in [0.1, 0.15) is 6.92 Å². The first-order valence-electron chi connectivity index (χ1n) is 6.56. The number of hydrogen-bond acceptors (Lipinski definition) is 4. The number of carbonyl (C=O) groups is 2. The number of aromatic nitrogens is 2. The number of thioether (sulfide) groups is 1. The minimum atomic E-state index is -0.978. The van der Waals surface area contributed by atoms with E-state index in [0.29, 0.717) is 23.8 Å². The molecule has 1 aliphatic heterocycles. The minimum Gasteiger partial charge on any atom is -0.336 e. The Labute approximate surface area is 128 Å². The van der Waals surface area contributed by atoms with Crippen LogP contribution >= 0.6 is 11.8 Å². The quantitative estimate of drug-likeness (QED) is 0.844. The lowest BCUT2D eigenvalue weighted by atomic mass is 10.3. The van der Waals surface area contributed by atoms with Crippen LogP contribution in [-0.2, 0) is 4.79 Å². The molecule has 1 aromatic heterocycles. The van der Waals surface area contributed by atoms with Crippen molar-refractivity contribution in [2.45, 2.75) is 17.3 Å². The van der Waals surface area contributed by atoms with Gasteiger partial charge in [0.25, 0.3) is 0 Å². The number of amides is 3. The van der Waals surface area contributed by atoms with Crippen LogP contribution in [0.2, 0.25) is 0 Å². The molecule has 2 aromatic rings. The van der Waals surface area contributed by atoms with Crippen LogP contribution in [0.15, 0.2) is 17.3 Å². The van der Waals surface area contributed by atoms with Gasteiger partial charge < -0.3 is 10.3 Å². The van der Waals surface area contributed by atoms with Crippen LogP contribution in [0, 0.1) is 11.6 Å². The maximum absolute atomic E-state index is 13.2. The number of nitrogens with zero attached hydrogens (tertiary/aromatic N) is 2. The number of nitrogens with one attached hydrogen (secondary N) is 2. The molecule has 1 fully saturated rings. The SMILES string of the molecule is CC(Sc1nc2cc(F)c(F)cc2[nH]1)C(=O)N1CCNC1=O. The van der Waals surface area contributed by atoms with Gasteiger partial charge in [-0.15, -0.1) is 0 Å². The lowest BCUT2D eigenvalue weighted by Gasteiger charge is -2.16. The highest BCUT2D eigenvalue weighted by Crippen LogP contribution is 2.26. The maximum atomic E-state index is 13.2. The predicted octanol–water partition coefficient (Wildman–Crippen LogP) is 1.87. The van der Waals surface area contributed by atoms with E-state index in [1.54, 1.807) is 6.92 Å². The Kier molecular flexibility index (Phi) is 3.73. The first kappa shape index (κ1) is 14.8. The molecular formula is C13H12F2N4O2S. The van der Waals surface area contributed by atoms with Crippen LogP contribution in [0.3, 0.4) is 0 Å². The third kappa shape index (κ3) is 2.63. The molecule has 3 rings (SSSR count). The number of hydrogen-bond donors (Lipinski definition) is 2. The average molecular weight is 326 g/mol. The number of halogens is 2. The normalized spacial score (nSPS) is 16.1. The van der Waals surface area contributed by atoms with Crippen LogP contribution in [0.4, 0.5) is 13.6 Å². The summed E-state index contributed by atoms with van der Waals surface area (Å²) in [6.07, 6.45) is 0. The zero-order chi connectivity index (χ0) is 15.9. The molecule has 1 atom stereocenters. The summed E-state index contributed by atoms with van der Waals surface area (Å²) >= 11 is 1.10. The van der Waals surface area contributed by atoms with Crippen LogP contribution < -0.4 is 5.32 Å². The standard InChI is InChI=1S/C13H12F2N4O2S/c1-6(11(20)19-3-2-16-13(19)21)22-12-17-9-4-7(14)8(15)5-10(9)18-12/h4-6H,2-3H2,1H3,(H,16,21)(H,17,18). The zero-order valence-corrected chi connectivity index (χ0v) is 12.3. The van der Waals surface area contributed by atoms with Crippen molar-refractivity contribution < 1.29 is 18.4 Å². The number of imide groups is 1. The van der Waals surface area contributed by atoms with Crippen LogP contribution in [0.25, 0.3) is 11.0 Å². The van der Waals surface area contributed by atoms with Crippen molar-refractivity contribution >= 4 is 34.7 Å². The lowest BCUT2D eigenvalue weighted by molar-refractivity contribution is -0.126. The van der Waals surface area contributed by atoms with E-state index in [1.165, 1.54) is 0 Å². The summed E-state index contributed by atoms with van der Waals surface area (Å²) in [7, 11) is 0. The highest BCUT2D eigenvalue weighted by atomic mass is 32.2. The first-order valence-corrected chi connectivity index (χ1v) is 7.44. The molecule has 1 unspecified atom stereocenters. The molecule has 3 amide bonds. The number of aromatic amines is 1. The first-order chi connectivity index (χ1) is 10.5. The average Bonchev–Trinajstić information content (AvgIpc) is 3.04. The van der Waals surface area contributed by atoms with E-state index in [4.69, 9.17) is 0 Å². The Hall–Kier alpha value is -2.16. The van der Waals surface area contributed by atoms with Crippen molar-refractivity contribution in [3.63, 3.8) is 0 Å². The van der Waals surface area contributed by atoms with Gasteiger partial charge >= 0.3 is 6.03 Å². The molecule has 1 aliphatic rings. The second-order valence-electron chi connectivity index (χ2n) is 4.81. The van der Waals surface area contributed by atoms with Gasteiger partial charge in [0.2, 0.25) is 5.91 Å². The molecule has 0 spiro atoms. The molecule has 0 saturated carbocycles. The number of H-pyrrole nitrogens is 1. The fourth-order valence-corrected chi connectivity index (χ4v) is 3.04. The molecule has 0 radical (unpaired) electrons. The van der Waals surface area contributed by atoms with Crippen molar-refractivity contribution in [2.24, 2.45) is 0 Å². The molecule has 116 valence electrons. The molecule has 9 heteroatoms. The molecule has 22 heavy (non-hydrogen) atoms. The number of rotatable bonds is 3. The van der Waals surface area contributed by atoms with E-state index in [9.17, 15) is 18.4 Å². The van der Waals surface area contributed by atoms with Crippen LogP contribution in [0.5, 0.6) is 0 Å². The second kappa shape index (κ2) is 5.56. The summed E-state index contributed by atoms with van der Waals surface area (Å²) in [6, 6.07) is 1.60. The third-order valence-corrected chi connectivity index (χ3v) is 4.23. The monoisotopic (exact) mass is 326 g/mol. The Morgan fingerprint density at radius 1 is 1.41 bits per heavy atom. The van der Waals surface area contributed by atoms with E-state index in [2.05, 4.69) is 15.3 Å². The van der Waals surface area contributed by atoms with Crippen LogP contribution in [-0.4, -0.2) is 45.1 Å². The van der Waals surface area contributed by atoms with E-state index in [-0.39, 0.29) is 11.4 Å². The highest BCUT2D eigenvalue weighted by molar-refractivity contribution is 8.00. The number of benzene rings is 1. The van der Waals surface area contributed by atoms with E-state index >= 15 is 0 Å². The van der Waals surface area contributed by atoms with Crippen molar-refractivity contribution in [1.82, 2.24) is 20.2 Å². The topological polar surface area (TPSA) is 78.1 Å². The van der Waals surface area contributed by atoms with Gasteiger partial charge in [-0.05, 0) is 6.92 Å². The molecular weight excluding hydrogens is 314 g/mol. The fraction of sp³-hybridized carbons (Fsp3) is 0.308. The molecule has 0 bridgehead atoms. The molecule has 2 N–H and O–H groups in total. The van der Waals surface area contributed by atoms with Crippen molar-refractivity contribution in [1.29, 1.82) is 0 Å². The summed E-state index contributed by atoms with van der Waals surface area (Å²) in [5.41, 5.74) is 0.625. The lowest BCUT2D eigenvalue weighted by Crippen LogP contribution is -2.38. The summed E-state index contributed by atoms with van der Waals surface area (Å²) in [6.45, 7) is 2.41. The van der Waals surface area contributed by atoms with Gasteiger partial charge in [-0.3, -0.25) is 9.69 Å². The van der Waals surface area contributed by atoms with Gasteiger partial charge in [-0.25, -0.2) is 18.6 Å². The molecule has 0 aliphatic carbocycles. The van der Waals surface area contributed by atoms with Gasteiger partial charge in [0.05, 0.1) is 16.3 Å². The van der Waals surface area contributed by atoms with Gasteiger partial charge in [0.15, 0.2) is 16.8 Å². The Bertz CT molecular complexity index is 725. The third-order valence-electron chi connectivity index (χ3n) is 3.26. The van der Waals surface area contributed by atoms with Crippen molar-refractivity contribution in [3.05, 3.63) is 23.8 Å². The summed E-state index contributed by atoms with van der Waals surface area (Å²) in [5.74, 6) is -2.28. The van der Waals surface area contributed by atoms with Gasteiger partial charge in [-0.2, -0.15) is 0 Å². The Balaban J connectivity index is 1.77. The summed E-state index contributed by atoms with van der Waals surface area (Å²) in [5, 5.41) is 2.36. The van der Waals surface area contributed by atoms with Crippen molar-refractivity contribution in [2.75, 3.05) is 13.1 Å².